The molecular weight excluding hydrogens is 196 g/mol. The molecule has 1 N–H and O–H groups in total. The van der Waals surface area contributed by atoms with Crippen LogP contribution in [0.2, 0.25) is 0 Å². The highest BCUT2D eigenvalue weighted by atomic mass is 16.3. The van der Waals surface area contributed by atoms with E-state index >= 15 is 0 Å². The van der Waals surface area contributed by atoms with Crippen LogP contribution in [0.1, 0.15) is 72.6 Å². The predicted octanol–water partition coefficient (Wildman–Crippen LogP) is 4.39. The lowest BCUT2D eigenvalue weighted by molar-refractivity contribution is 0.0440. The van der Waals surface area contributed by atoms with E-state index in [1.54, 1.807) is 0 Å². The molecule has 0 radical (unpaired) electrons. The van der Waals surface area contributed by atoms with Gasteiger partial charge in [-0.05, 0) is 30.1 Å². The summed E-state index contributed by atoms with van der Waals surface area (Å²) in [5.74, 6) is 1.82. The fourth-order valence-electron chi connectivity index (χ4n) is 3.01. The van der Waals surface area contributed by atoms with E-state index < -0.39 is 0 Å². The Morgan fingerprint density at radius 2 is 1.69 bits per heavy atom. The molecule has 0 aromatic carbocycles. The zero-order valence-electron chi connectivity index (χ0n) is 11.6. The summed E-state index contributed by atoms with van der Waals surface area (Å²) in [6.07, 6.45) is 9.08. The summed E-state index contributed by atoms with van der Waals surface area (Å²) in [6, 6.07) is 0. The summed E-state index contributed by atoms with van der Waals surface area (Å²) >= 11 is 0. The van der Waals surface area contributed by atoms with Gasteiger partial charge in [-0.1, -0.05) is 59.8 Å². The molecule has 3 atom stereocenters. The highest BCUT2D eigenvalue weighted by Crippen LogP contribution is 2.36. The Bertz CT molecular complexity index is 192. The number of aliphatic hydroxyl groups excluding tert-OH is 1. The van der Waals surface area contributed by atoms with E-state index in [0.717, 1.165) is 18.3 Å². The molecule has 1 aliphatic rings. The minimum absolute atomic E-state index is 0.0520. The predicted molar refractivity (Wildman–Crippen MR) is 70.4 cm³/mol. The van der Waals surface area contributed by atoms with Gasteiger partial charge >= 0.3 is 0 Å². The van der Waals surface area contributed by atoms with Crippen LogP contribution in [0, 0.1) is 17.3 Å². The van der Waals surface area contributed by atoms with Crippen molar-refractivity contribution < 1.29 is 5.11 Å². The van der Waals surface area contributed by atoms with Gasteiger partial charge < -0.3 is 5.11 Å². The van der Waals surface area contributed by atoms with Crippen molar-refractivity contribution in [2.24, 2.45) is 17.3 Å². The Balaban J connectivity index is 2.35. The van der Waals surface area contributed by atoms with Crippen LogP contribution < -0.4 is 0 Å². The van der Waals surface area contributed by atoms with Crippen LogP contribution in [0.25, 0.3) is 0 Å². The van der Waals surface area contributed by atoms with Gasteiger partial charge in [0.25, 0.3) is 0 Å². The number of aliphatic hydroxyl groups is 1. The third-order valence-corrected chi connectivity index (χ3v) is 4.40. The lowest BCUT2D eigenvalue weighted by atomic mass is 9.74. The molecule has 0 spiro atoms. The first-order valence-corrected chi connectivity index (χ1v) is 7.13. The van der Waals surface area contributed by atoms with Gasteiger partial charge in [0.15, 0.2) is 0 Å². The molecule has 0 saturated heterocycles. The second-order valence-electron chi connectivity index (χ2n) is 6.67. The first kappa shape index (κ1) is 14.0. The number of hydrogen-bond acceptors (Lipinski definition) is 1. The Morgan fingerprint density at radius 1 is 1.12 bits per heavy atom. The monoisotopic (exact) mass is 226 g/mol. The molecule has 0 aliphatic heterocycles. The zero-order valence-corrected chi connectivity index (χ0v) is 11.6. The maximum Gasteiger partial charge on any atom is 0.0588 e. The van der Waals surface area contributed by atoms with Gasteiger partial charge in [0.2, 0.25) is 0 Å². The fraction of sp³-hybridized carbons (Fsp3) is 1.00. The quantitative estimate of drug-likeness (QED) is 0.753. The number of hydrogen-bond donors (Lipinski definition) is 1. The van der Waals surface area contributed by atoms with Crippen LogP contribution in [-0.2, 0) is 0 Å². The van der Waals surface area contributed by atoms with E-state index in [1.165, 1.54) is 38.5 Å². The minimum Gasteiger partial charge on any atom is -0.393 e. The summed E-state index contributed by atoms with van der Waals surface area (Å²) in [5, 5.41) is 10.1. The standard InChI is InChI=1S/C15H30O/c1-5-12-8-6-7-9-13(12)10-11-14(16)15(2,3)4/h12-14,16H,5-11H2,1-4H3. The molecule has 16 heavy (non-hydrogen) atoms. The van der Waals surface area contributed by atoms with Gasteiger partial charge in [-0.15, -0.1) is 0 Å². The first-order valence-electron chi connectivity index (χ1n) is 7.13. The molecule has 0 amide bonds. The van der Waals surface area contributed by atoms with Crippen LogP contribution in [0.4, 0.5) is 0 Å². The highest BCUT2D eigenvalue weighted by molar-refractivity contribution is 4.78. The average molecular weight is 226 g/mol. The molecule has 0 aromatic rings. The SMILES string of the molecule is CCC1CCCCC1CCC(O)C(C)(C)C. The van der Waals surface area contributed by atoms with Gasteiger partial charge in [-0.25, -0.2) is 0 Å². The van der Waals surface area contributed by atoms with E-state index in [0.29, 0.717) is 0 Å². The zero-order chi connectivity index (χ0) is 12.2. The maximum absolute atomic E-state index is 10.1. The van der Waals surface area contributed by atoms with E-state index in [2.05, 4.69) is 27.7 Å². The van der Waals surface area contributed by atoms with Crippen LogP contribution in [0.5, 0.6) is 0 Å². The van der Waals surface area contributed by atoms with Crippen molar-refractivity contribution in [2.75, 3.05) is 0 Å². The second kappa shape index (κ2) is 6.05. The molecule has 1 aliphatic carbocycles. The minimum atomic E-state index is -0.132. The summed E-state index contributed by atoms with van der Waals surface area (Å²) < 4.78 is 0. The molecule has 96 valence electrons. The topological polar surface area (TPSA) is 20.2 Å². The van der Waals surface area contributed by atoms with Crippen molar-refractivity contribution in [2.45, 2.75) is 78.7 Å². The Hall–Kier alpha value is -0.0400. The molecule has 1 saturated carbocycles. The molecule has 3 unspecified atom stereocenters. The molecule has 1 fully saturated rings. The molecule has 0 bridgehead atoms. The molecule has 1 nitrogen and oxygen atoms in total. The van der Waals surface area contributed by atoms with Crippen LogP contribution >= 0.6 is 0 Å². The van der Waals surface area contributed by atoms with E-state index in [1.807, 2.05) is 0 Å². The second-order valence-corrected chi connectivity index (χ2v) is 6.67. The lowest BCUT2D eigenvalue weighted by Gasteiger charge is -2.33. The van der Waals surface area contributed by atoms with Crippen molar-refractivity contribution in [3.8, 4) is 0 Å². The van der Waals surface area contributed by atoms with Gasteiger partial charge in [0, 0.05) is 0 Å². The largest absolute Gasteiger partial charge is 0.393 e. The van der Waals surface area contributed by atoms with E-state index in [-0.39, 0.29) is 11.5 Å². The van der Waals surface area contributed by atoms with Gasteiger partial charge in [0.05, 0.1) is 6.10 Å². The van der Waals surface area contributed by atoms with E-state index in [4.69, 9.17) is 0 Å². The van der Waals surface area contributed by atoms with Crippen LogP contribution in [0.15, 0.2) is 0 Å². The van der Waals surface area contributed by atoms with Gasteiger partial charge in [0.1, 0.15) is 0 Å². The van der Waals surface area contributed by atoms with Crippen LogP contribution in [-0.4, -0.2) is 11.2 Å². The average Bonchev–Trinajstić information content (AvgIpc) is 2.24. The Morgan fingerprint density at radius 3 is 2.19 bits per heavy atom. The third-order valence-electron chi connectivity index (χ3n) is 4.40. The highest BCUT2D eigenvalue weighted by Gasteiger charge is 2.27. The maximum atomic E-state index is 10.1. The van der Waals surface area contributed by atoms with Crippen LogP contribution in [0.3, 0.4) is 0 Å². The Labute approximate surface area is 102 Å². The van der Waals surface area contributed by atoms with Crippen molar-refractivity contribution in [1.29, 1.82) is 0 Å². The molecule has 0 heterocycles. The fourth-order valence-corrected chi connectivity index (χ4v) is 3.01. The van der Waals surface area contributed by atoms with Crippen molar-refractivity contribution in [3.05, 3.63) is 0 Å². The number of rotatable bonds is 4. The van der Waals surface area contributed by atoms with Gasteiger partial charge in [-0.2, -0.15) is 0 Å². The normalized spacial score (nSPS) is 29.1. The summed E-state index contributed by atoms with van der Waals surface area (Å²) in [4.78, 5) is 0. The van der Waals surface area contributed by atoms with Crippen molar-refractivity contribution in [1.82, 2.24) is 0 Å². The van der Waals surface area contributed by atoms with Crippen molar-refractivity contribution >= 4 is 0 Å². The smallest absolute Gasteiger partial charge is 0.0588 e. The summed E-state index contributed by atoms with van der Waals surface area (Å²) in [6.45, 7) is 8.73. The molecule has 0 aromatic heterocycles. The van der Waals surface area contributed by atoms with E-state index in [9.17, 15) is 5.11 Å². The summed E-state index contributed by atoms with van der Waals surface area (Å²) in [7, 11) is 0. The van der Waals surface area contributed by atoms with Gasteiger partial charge in [-0.3, -0.25) is 0 Å². The Kier molecular flexibility index (Phi) is 5.30. The molecule has 1 rings (SSSR count). The third kappa shape index (κ3) is 4.08. The lowest BCUT2D eigenvalue weighted by Crippen LogP contribution is -2.28. The summed E-state index contributed by atoms with van der Waals surface area (Å²) in [5.41, 5.74) is 0.0520. The first-order chi connectivity index (χ1) is 7.45. The molecule has 1 heteroatoms. The van der Waals surface area contributed by atoms with Crippen molar-refractivity contribution in [3.63, 3.8) is 0 Å². The molecular formula is C15H30O.